The summed E-state index contributed by atoms with van der Waals surface area (Å²) >= 11 is 0. The molecule has 10 nitrogen and oxygen atoms in total. The number of carbonyl (C=O) groups excluding carboxylic acids is 1. The summed E-state index contributed by atoms with van der Waals surface area (Å²) in [6, 6.07) is 5.89. The van der Waals surface area contributed by atoms with Crippen LogP contribution in [0.5, 0.6) is 17.4 Å². The van der Waals surface area contributed by atoms with Crippen molar-refractivity contribution in [2.24, 2.45) is 0 Å². The van der Waals surface area contributed by atoms with Gasteiger partial charge in [0.05, 0.1) is 18.7 Å². The highest BCUT2D eigenvalue weighted by Gasteiger charge is 2.30. The molecule has 1 aliphatic rings. The Bertz CT molecular complexity index is 1370. The lowest BCUT2D eigenvalue weighted by molar-refractivity contribution is 0.133. The first-order chi connectivity index (χ1) is 16.2. The van der Waals surface area contributed by atoms with E-state index in [0.717, 1.165) is 30.3 Å². The molecule has 34 heavy (non-hydrogen) atoms. The molecule has 0 bridgehead atoms. The van der Waals surface area contributed by atoms with E-state index in [0.29, 0.717) is 0 Å². The van der Waals surface area contributed by atoms with Crippen LogP contribution < -0.4 is 18.9 Å². The molecule has 3 aromatic rings. The van der Waals surface area contributed by atoms with Gasteiger partial charge in [-0.15, -0.1) is 0 Å². The minimum Gasteiger partial charge on any atom is -0.436 e. The third kappa shape index (κ3) is 4.87. The van der Waals surface area contributed by atoms with Gasteiger partial charge < -0.3 is 9.47 Å². The molecule has 2 N–H and O–H groups in total. The van der Waals surface area contributed by atoms with Crippen LogP contribution in [0.2, 0.25) is 0 Å². The molecule has 0 saturated heterocycles. The average Bonchev–Trinajstić information content (AvgIpc) is 2.79. The van der Waals surface area contributed by atoms with Crippen LogP contribution >= 0.6 is 0 Å². The molecule has 3 heterocycles. The van der Waals surface area contributed by atoms with E-state index >= 15 is 0 Å². The molecule has 0 aliphatic carbocycles. The summed E-state index contributed by atoms with van der Waals surface area (Å²) in [5, 5.41) is 0. The lowest BCUT2D eigenvalue weighted by atomic mass is 10.1. The van der Waals surface area contributed by atoms with Crippen molar-refractivity contribution >= 4 is 22.1 Å². The van der Waals surface area contributed by atoms with Crippen molar-refractivity contribution in [2.45, 2.75) is 13.1 Å². The number of carbonyl (C=O) groups is 1. The van der Waals surface area contributed by atoms with Crippen molar-refractivity contribution in [1.82, 2.24) is 19.6 Å². The first-order valence-electron chi connectivity index (χ1n) is 9.59. The van der Waals surface area contributed by atoms with Gasteiger partial charge in [0.25, 0.3) is 16.1 Å². The zero-order chi connectivity index (χ0) is 24.5. The number of amides is 1. The molecule has 1 aliphatic heterocycles. The summed E-state index contributed by atoms with van der Waals surface area (Å²) in [5.41, 5.74) is -0.103. The Hall–Kier alpha value is -3.91. The van der Waals surface area contributed by atoms with Gasteiger partial charge in [-0.3, -0.25) is 9.62 Å². The summed E-state index contributed by atoms with van der Waals surface area (Å²) in [7, 11) is -2.90. The van der Waals surface area contributed by atoms with E-state index in [1.165, 1.54) is 24.4 Å². The summed E-state index contributed by atoms with van der Waals surface area (Å²) in [4.78, 5) is 20.8. The normalized spacial score (nSPS) is 13.3. The molecule has 0 unspecified atom stereocenters. The quantitative estimate of drug-likeness (QED) is 0.517. The van der Waals surface area contributed by atoms with Gasteiger partial charge in [-0.05, 0) is 18.2 Å². The summed E-state index contributed by atoms with van der Waals surface area (Å²) in [6.45, 7) is -0.644. The molecule has 14 heteroatoms. The molecule has 0 atom stereocenters. The number of aromatic nitrogens is 2. The number of nitrogens with one attached hydrogen (secondary N) is 2. The molecular formula is C20H16F3N5O5S. The second-order valence-corrected chi connectivity index (χ2v) is 8.56. The van der Waals surface area contributed by atoms with Gasteiger partial charge >= 0.3 is 6.09 Å². The smallest absolute Gasteiger partial charge is 0.415 e. The van der Waals surface area contributed by atoms with Gasteiger partial charge in [0.1, 0.15) is 17.3 Å². The van der Waals surface area contributed by atoms with E-state index in [9.17, 15) is 26.4 Å². The zero-order valence-electron chi connectivity index (χ0n) is 17.4. The Labute approximate surface area is 191 Å². The minimum atomic E-state index is -4.03. The van der Waals surface area contributed by atoms with E-state index < -0.39 is 39.6 Å². The number of anilines is 1. The van der Waals surface area contributed by atoms with Crippen molar-refractivity contribution in [1.29, 1.82) is 0 Å². The Morgan fingerprint density at radius 3 is 2.68 bits per heavy atom. The first kappa shape index (κ1) is 23.3. The minimum absolute atomic E-state index is 0.0148. The highest BCUT2D eigenvalue weighted by atomic mass is 32.2. The number of pyridine rings is 2. The van der Waals surface area contributed by atoms with Crippen molar-refractivity contribution in [3.8, 4) is 17.4 Å². The summed E-state index contributed by atoms with van der Waals surface area (Å²) in [6.07, 6.45) is 1.52. The molecule has 1 aromatic carbocycles. The fourth-order valence-corrected chi connectivity index (χ4v) is 3.54. The van der Waals surface area contributed by atoms with Crippen LogP contribution in [0.1, 0.15) is 11.1 Å². The Kier molecular flexibility index (Phi) is 6.26. The number of ether oxygens (including phenoxy) is 2. The Morgan fingerprint density at radius 1 is 1.15 bits per heavy atom. The topological polar surface area (TPSA) is 123 Å². The molecule has 0 radical (unpaired) electrons. The monoisotopic (exact) mass is 495 g/mol. The number of benzene rings is 1. The lowest BCUT2D eigenvalue weighted by Gasteiger charge is -2.28. The van der Waals surface area contributed by atoms with Gasteiger partial charge in [-0.2, -0.15) is 8.42 Å². The Morgan fingerprint density at radius 2 is 1.94 bits per heavy atom. The number of nitrogens with zero attached hydrogens (tertiary/aromatic N) is 3. The van der Waals surface area contributed by atoms with Crippen LogP contribution in [-0.4, -0.2) is 36.4 Å². The third-order valence-corrected chi connectivity index (χ3v) is 5.70. The predicted molar refractivity (Wildman–Crippen MR) is 112 cm³/mol. The van der Waals surface area contributed by atoms with E-state index in [1.807, 2.05) is 9.44 Å². The predicted octanol–water partition coefficient (Wildman–Crippen LogP) is 3.08. The molecule has 0 spiro atoms. The van der Waals surface area contributed by atoms with Crippen LogP contribution in [0.3, 0.4) is 0 Å². The van der Waals surface area contributed by atoms with Gasteiger partial charge in [-0.1, -0.05) is 0 Å². The fourth-order valence-electron chi connectivity index (χ4n) is 3.04. The standard InChI is InChI=1S/C20H16F3N5O5S/c1-24-34(30,31)27-18-17(23)11(4-6-25-18)9-28-10-13-15(22)7-12(8-16(13)33-20(28)29)32-19-14(21)3-2-5-26-19/h2-8,24H,9-10H2,1H3,(H,25,27). The number of rotatable bonds is 7. The van der Waals surface area contributed by atoms with Crippen LogP contribution in [0.4, 0.5) is 23.8 Å². The van der Waals surface area contributed by atoms with E-state index in [4.69, 9.17) is 9.47 Å². The highest BCUT2D eigenvalue weighted by Crippen LogP contribution is 2.35. The molecule has 2 aromatic heterocycles. The molecular weight excluding hydrogens is 479 g/mol. The second kappa shape index (κ2) is 9.15. The van der Waals surface area contributed by atoms with Crippen molar-refractivity contribution < 1.29 is 35.9 Å². The van der Waals surface area contributed by atoms with Crippen molar-refractivity contribution in [3.05, 3.63) is 71.3 Å². The lowest BCUT2D eigenvalue weighted by Crippen LogP contribution is -2.37. The molecule has 1 amide bonds. The zero-order valence-corrected chi connectivity index (χ0v) is 18.2. The SMILES string of the molecule is CNS(=O)(=O)Nc1nccc(CN2Cc3c(F)cc(Oc4ncccc4F)cc3OC2=O)c1F. The van der Waals surface area contributed by atoms with E-state index in [1.54, 1.807) is 0 Å². The van der Waals surface area contributed by atoms with Crippen LogP contribution in [-0.2, 0) is 23.3 Å². The van der Waals surface area contributed by atoms with Crippen molar-refractivity contribution in [3.63, 3.8) is 0 Å². The maximum Gasteiger partial charge on any atom is 0.415 e. The Balaban J connectivity index is 1.55. The van der Waals surface area contributed by atoms with Gasteiger partial charge in [0.15, 0.2) is 17.5 Å². The summed E-state index contributed by atoms with van der Waals surface area (Å²) < 4.78 is 80.8. The summed E-state index contributed by atoms with van der Waals surface area (Å²) in [5.74, 6) is -3.84. The highest BCUT2D eigenvalue weighted by molar-refractivity contribution is 7.90. The number of hydrogen-bond acceptors (Lipinski definition) is 7. The van der Waals surface area contributed by atoms with Crippen LogP contribution in [0, 0.1) is 17.5 Å². The number of halogens is 3. The third-order valence-electron chi connectivity index (χ3n) is 4.70. The van der Waals surface area contributed by atoms with E-state index in [2.05, 4.69) is 9.97 Å². The fraction of sp³-hybridized carbons (Fsp3) is 0.150. The average molecular weight is 495 g/mol. The number of fused-ring (bicyclic) bond motifs is 1. The largest absolute Gasteiger partial charge is 0.436 e. The van der Waals surface area contributed by atoms with Gasteiger partial charge in [0.2, 0.25) is 0 Å². The number of hydrogen-bond donors (Lipinski definition) is 2. The van der Waals surface area contributed by atoms with Gasteiger partial charge in [0, 0.05) is 37.1 Å². The van der Waals surface area contributed by atoms with Crippen LogP contribution in [0.15, 0.2) is 42.7 Å². The van der Waals surface area contributed by atoms with Gasteiger partial charge in [-0.25, -0.2) is 32.7 Å². The maximum absolute atomic E-state index is 14.8. The van der Waals surface area contributed by atoms with Crippen LogP contribution in [0.25, 0.3) is 0 Å². The molecule has 0 saturated carbocycles. The maximum atomic E-state index is 14.8. The van der Waals surface area contributed by atoms with Crippen molar-refractivity contribution in [2.75, 3.05) is 11.8 Å². The molecule has 0 fully saturated rings. The van der Waals surface area contributed by atoms with E-state index in [-0.39, 0.29) is 41.6 Å². The second-order valence-electron chi connectivity index (χ2n) is 6.94. The molecule has 178 valence electrons. The first-order valence-corrected chi connectivity index (χ1v) is 11.1. The molecule has 4 rings (SSSR count).